The highest BCUT2D eigenvalue weighted by atomic mass is 16.6. The molecule has 0 aliphatic carbocycles. The molecule has 1 aromatic heterocycles. The molecule has 2 rings (SSSR count). The van der Waals surface area contributed by atoms with Crippen molar-refractivity contribution < 1.29 is 24.0 Å². The van der Waals surface area contributed by atoms with E-state index < -0.39 is 22.6 Å². The van der Waals surface area contributed by atoms with Gasteiger partial charge in [-0.1, -0.05) is 0 Å². The van der Waals surface area contributed by atoms with Gasteiger partial charge in [0.05, 0.1) is 18.1 Å². The van der Waals surface area contributed by atoms with Gasteiger partial charge in [0.2, 0.25) is 0 Å². The lowest BCUT2D eigenvalue weighted by atomic mass is 10.2. The normalized spacial score (nSPS) is 16.9. The molecule has 0 saturated carbocycles. The molecule has 0 unspecified atom stereocenters. The molecule has 1 aromatic rings. The summed E-state index contributed by atoms with van der Waals surface area (Å²) in [6.45, 7) is 6.24. The van der Waals surface area contributed by atoms with E-state index in [0.29, 0.717) is 19.5 Å². The number of rotatable bonds is 4. The molecule has 1 saturated heterocycles. The van der Waals surface area contributed by atoms with E-state index in [1.165, 1.54) is 7.11 Å². The Labute approximate surface area is 150 Å². The summed E-state index contributed by atoms with van der Waals surface area (Å²) in [6, 6.07) is 0.954. The molecule has 142 valence electrons. The Morgan fingerprint density at radius 3 is 2.69 bits per heavy atom. The molecule has 1 aliphatic heterocycles. The van der Waals surface area contributed by atoms with Crippen LogP contribution < -0.4 is 10.2 Å². The average molecular weight is 366 g/mol. The largest absolute Gasteiger partial charge is 0.465 e. The summed E-state index contributed by atoms with van der Waals surface area (Å²) in [7, 11) is 1.20. The number of nitrogens with one attached hydrogen (secondary N) is 1. The Morgan fingerprint density at radius 2 is 2.12 bits per heavy atom. The van der Waals surface area contributed by atoms with Crippen molar-refractivity contribution in [1.82, 2.24) is 10.3 Å². The quantitative estimate of drug-likeness (QED) is 0.486. The number of aromatic nitrogens is 1. The van der Waals surface area contributed by atoms with Crippen molar-refractivity contribution in [3.05, 3.63) is 27.9 Å². The molecule has 1 fully saturated rings. The van der Waals surface area contributed by atoms with Crippen molar-refractivity contribution >= 4 is 23.6 Å². The smallest absolute Gasteiger partial charge is 0.407 e. The van der Waals surface area contributed by atoms with E-state index in [-0.39, 0.29) is 23.1 Å². The van der Waals surface area contributed by atoms with Crippen molar-refractivity contribution in [2.24, 2.45) is 0 Å². The molecule has 0 aromatic carbocycles. The van der Waals surface area contributed by atoms with Gasteiger partial charge in [-0.05, 0) is 27.2 Å². The van der Waals surface area contributed by atoms with Gasteiger partial charge in [0.1, 0.15) is 23.2 Å². The second-order valence-electron chi connectivity index (χ2n) is 6.89. The van der Waals surface area contributed by atoms with Crippen LogP contribution in [-0.2, 0) is 9.47 Å². The first-order chi connectivity index (χ1) is 12.1. The van der Waals surface area contributed by atoms with Gasteiger partial charge in [0.15, 0.2) is 0 Å². The minimum Gasteiger partial charge on any atom is -0.465 e. The third-order valence-corrected chi connectivity index (χ3v) is 3.68. The predicted octanol–water partition coefficient (Wildman–Crippen LogP) is 1.88. The summed E-state index contributed by atoms with van der Waals surface area (Å²) < 4.78 is 9.93. The van der Waals surface area contributed by atoms with Crippen LogP contribution in [0.25, 0.3) is 0 Å². The number of anilines is 1. The van der Waals surface area contributed by atoms with Crippen molar-refractivity contribution in [2.75, 3.05) is 25.1 Å². The van der Waals surface area contributed by atoms with Gasteiger partial charge in [-0.3, -0.25) is 10.1 Å². The maximum atomic E-state index is 12.0. The number of alkyl carbamates (subject to hydrolysis) is 1. The number of pyridine rings is 1. The third-order valence-electron chi connectivity index (χ3n) is 3.68. The number of hydrogen-bond acceptors (Lipinski definition) is 8. The number of esters is 1. The number of nitro groups is 1. The fourth-order valence-electron chi connectivity index (χ4n) is 2.60. The number of ether oxygens (including phenoxy) is 2. The van der Waals surface area contributed by atoms with Crippen LogP contribution in [0, 0.1) is 10.1 Å². The lowest BCUT2D eigenvalue weighted by Gasteiger charge is -2.22. The summed E-state index contributed by atoms with van der Waals surface area (Å²) in [5.74, 6) is -0.421. The molecule has 1 aliphatic rings. The van der Waals surface area contributed by atoms with E-state index >= 15 is 0 Å². The molecule has 2 heterocycles. The van der Waals surface area contributed by atoms with Crippen LogP contribution in [0.2, 0.25) is 0 Å². The molecular formula is C16H22N4O6. The molecule has 10 nitrogen and oxygen atoms in total. The molecule has 1 N–H and O–H groups in total. The minimum absolute atomic E-state index is 0.0135. The topological polar surface area (TPSA) is 124 Å². The van der Waals surface area contributed by atoms with Crippen LogP contribution in [0.5, 0.6) is 0 Å². The SMILES string of the molecule is COC(=O)c1cc([N+](=O)[O-])cnc1N1CC[C@H](NC(=O)OC(C)(C)C)C1. The highest BCUT2D eigenvalue weighted by Crippen LogP contribution is 2.26. The van der Waals surface area contributed by atoms with Crippen LogP contribution in [0.4, 0.5) is 16.3 Å². The number of nitrogens with zero attached hydrogens (tertiary/aromatic N) is 3. The van der Waals surface area contributed by atoms with Crippen LogP contribution >= 0.6 is 0 Å². The van der Waals surface area contributed by atoms with Crippen LogP contribution in [0.1, 0.15) is 37.6 Å². The van der Waals surface area contributed by atoms with Crippen LogP contribution in [-0.4, -0.2) is 53.8 Å². The summed E-state index contributed by atoms with van der Waals surface area (Å²) >= 11 is 0. The third kappa shape index (κ3) is 4.80. The Bertz CT molecular complexity index is 715. The Kier molecular flexibility index (Phi) is 5.63. The van der Waals surface area contributed by atoms with E-state index in [4.69, 9.17) is 9.47 Å². The first-order valence-corrected chi connectivity index (χ1v) is 8.08. The summed E-state index contributed by atoms with van der Waals surface area (Å²) in [4.78, 5) is 40.0. The van der Waals surface area contributed by atoms with Crippen LogP contribution in [0.15, 0.2) is 12.3 Å². The second-order valence-corrected chi connectivity index (χ2v) is 6.89. The molecule has 0 radical (unpaired) electrons. The summed E-state index contributed by atoms with van der Waals surface area (Å²) in [5, 5.41) is 13.7. The maximum absolute atomic E-state index is 12.0. The molecule has 1 amide bonds. The highest BCUT2D eigenvalue weighted by Gasteiger charge is 2.30. The number of hydrogen-bond donors (Lipinski definition) is 1. The Balaban J connectivity index is 2.13. The summed E-state index contributed by atoms with van der Waals surface area (Å²) in [6.07, 6.45) is 1.20. The van der Waals surface area contributed by atoms with Crippen molar-refractivity contribution in [3.63, 3.8) is 0 Å². The molecule has 26 heavy (non-hydrogen) atoms. The zero-order chi connectivity index (χ0) is 19.5. The van der Waals surface area contributed by atoms with Crippen LogP contribution in [0.3, 0.4) is 0 Å². The van der Waals surface area contributed by atoms with E-state index in [0.717, 1.165) is 12.3 Å². The van der Waals surface area contributed by atoms with Gasteiger partial charge in [0.25, 0.3) is 5.69 Å². The maximum Gasteiger partial charge on any atom is 0.407 e. The van der Waals surface area contributed by atoms with E-state index in [9.17, 15) is 19.7 Å². The summed E-state index contributed by atoms with van der Waals surface area (Å²) in [5.41, 5.74) is -0.878. The zero-order valence-corrected chi connectivity index (χ0v) is 15.1. The molecule has 0 spiro atoms. The van der Waals surface area contributed by atoms with Crippen molar-refractivity contribution in [1.29, 1.82) is 0 Å². The monoisotopic (exact) mass is 366 g/mol. The molecule has 1 atom stereocenters. The number of carbonyl (C=O) groups is 2. The Morgan fingerprint density at radius 1 is 1.42 bits per heavy atom. The van der Waals surface area contributed by atoms with Gasteiger partial charge < -0.3 is 19.7 Å². The lowest BCUT2D eigenvalue weighted by molar-refractivity contribution is -0.385. The second kappa shape index (κ2) is 7.54. The molecule has 0 bridgehead atoms. The lowest BCUT2D eigenvalue weighted by Crippen LogP contribution is -2.40. The zero-order valence-electron chi connectivity index (χ0n) is 15.1. The van der Waals surface area contributed by atoms with E-state index in [1.54, 1.807) is 25.7 Å². The van der Waals surface area contributed by atoms with Gasteiger partial charge in [0, 0.05) is 19.2 Å². The first kappa shape index (κ1) is 19.4. The molecular weight excluding hydrogens is 344 g/mol. The first-order valence-electron chi connectivity index (χ1n) is 8.08. The van der Waals surface area contributed by atoms with Gasteiger partial charge in [-0.15, -0.1) is 0 Å². The van der Waals surface area contributed by atoms with E-state index in [1.807, 2.05) is 0 Å². The number of carbonyl (C=O) groups excluding carboxylic acids is 2. The fraction of sp³-hybridized carbons (Fsp3) is 0.562. The fourth-order valence-corrected chi connectivity index (χ4v) is 2.60. The Hall–Kier alpha value is -2.91. The van der Waals surface area contributed by atoms with Gasteiger partial charge in [-0.2, -0.15) is 0 Å². The van der Waals surface area contributed by atoms with E-state index in [2.05, 4.69) is 10.3 Å². The predicted molar refractivity (Wildman–Crippen MR) is 92.2 cm³/mol. The number of methoxy groups -OCH3 is 1. The molecule has 10 heteroatoms. The van der Waals surface area contributed by atoms with Crippen molar-refractivity contribution in [2.45, 2.75) is 38.8 Å². The van der Waals surface area contributed by atoms with Crippen molar-refractivity contribution in [3.8, 4) is 0 Å². The minimum atomic E-state index is -0.709. The highest BCUT2D eigenvalue weighted by molar-refractivity contribution is 5.95. The standard InChI is InChI=1S/C16H22N4O6/c1-16(2,3)26-15(22)18-10-5-6-19(9-10)13-12(14(21)25-4)7-11(8-17-13)20(23)24/h7-8,10H,5-6,9H2,1-4H3,(H,18,22)/t10-/m0/s1. The van der Waals surface area contributed by atoms with Gasteiger partial charge >= 0.3 is 12.1 Å². The van der Waals surface area contributed by atoms with Gasteiger partial charge in [-0.25, -0.2) is 14.6 Å². The average Bonchev–Trinajstić information content (AvgIpc) is 2.99. The number of amides is 1.